The number of carboxylic acid groups (broad SMARTS) is 1. The Morgan fingerprint density at radius 3 is 2.38 bits per heavy atom. The summed E-state index contributed by atoms with van der Waals surface area (Å²) < 4.78 is 0.313. The smallest absolute Gasteiger partial charge is 0.326 e. The van der Waals surface area contributed by atoms with Crippen LogP contribution in [0.4, 0.5) is 0 Å². The maximum Gasteiger partial charge on any atom is 0.326 e. The Morgan fingerprint density at radius 2 is 2.15 bits per heavy atom. The molecule has 0 spiro atoms. The Morgan fingerprint density at radius 1 is 1.69 bits per heavy atom. The molecule has 5 heteroatoms. The topological polar surface area (TPSA) is 40.5 Å². The highest BCUT2D eigenvalue weighted by Crippen LogP contribution is 2.15. The SMILES string of the molecule is CC[C@H](C)[C@@H](C(=O)O)N(C)C(=S)S. The molecule has 13 heavy (non-hydrogen) atoms. The maximum absolute atomic E-state index is 10.9. The first-order chi connectivity index (χ1) is 5.91. The van der Waals surface area contributed by atoms with E-state index >= 15 is 0 Å². The number of aliphatic carboxylic acids is 1. The number of thiol groups is 1. The minimum absolute atomic E-state index is 0.0626. The molecular formula is C8H15NO2S2. The van der Waals surface area contributed by atoms with Crippen LogP contribution in [0.2, 0.25) is 0 Å². The zero-order chi connectivity index (χ0) is 10.6. The van der Waals surface area contributed by atoms with Crippen LogP contribution >= 0.6 is 24.8 Å². The lowest BCUT2D eigenvalue weighted by atomic mass is 9.98. The Labute approximate surface area is 89.5 Å². The van der Waals surface area contributed by atoms with Gasteiger partial charge in [-0.3, -0.25) is 0 Å². The van der Waals surface area contributed by atoms with Gasteiger partial charge in [0.25, 0.3) is 0 Å². The summed E-state index contributed by atoms with van der Waals surface area (Å²) in [6, 6.07) is -0.574. The van der Waals surface area contributed by atoms with Crippen molar-refractivity contribution in [2.45, 2.75) is 26.3 Å². The van der Waals surface area contributed by atoms with Gasteiger partial charge in [0.15, 0.2) is 0 Å². The van der Waals surface area contributed by atoms with Crippen LogP contribution in [0.15, 0.2) is 0 Å². The number of hydrogen-bond acceptors (Lipinski definition) is 2. The monoisotopic (exact) mass is 221 g/mol. The van der Waals surface area contributed by atoms with Crippen molar-refractivity contribution < 1.29 is 9.90 Å². The van der Waals surface area contributed by atoms with Gasteiger partial charge < -0.3 is 10.0 Å². The summed E-state index contributed by atoms with van der Waals surface area (Å²) in [5, 5.41) is 8.96. The fourth-order valence-corrected chi connectivity index (χ4v) is 1.37. The first kappa shape index (κ1) is 12.7. The minimum atomic E-state index is -0.853. The third kappa shape index (κ3) is 3.52. The van der Waals surface area contributed by atoms with E-state index in [1.165, 1.54) is 4.90 Å². The van der Waals surface area contributed by atoms with Gasteiger partial charge in [-0.1, -0.05) is 32.5 Å². The molecule has 0 amide bonds. The quantitative estimate of drug-likeness (QED) is 0.559. The van der Waals surface area contributed by atoms with E-state index in [9.17, 15) is 4.79 Å². The molecule has 0 aromatic heterocycles. The molecule has 0 fully saturated rings. The third-order valence-electron chi connectivity index (χ3n) is 2.15. The van der Waals surface area contributed by atoms with Gasteiger partial charge in [0.1, 0.15) is 10.4 Å². The van der Waals surface area contributed by atoms with Crippen molar-refractivity contribution in [2.75, 3.05) is 7.05 Å². The van der Waals surface area contributed by atoms with Crippen molar-refractivity contribution in [3.63, 3.8) is 0 Å². The molecule has 0 aliphatic rings. The summed E-state index contributed by atoms with van der Waals surface area (Å²) in [6.45, 7) is 3.84. The minimum Gasteiger partial charge on any atom is -0.480 e. The molecule has 0 heterocycles. The lowest BCUT2D eigenvalue weighted by Crippen LogP contribution is -2.44. The molecule has 0 rings (SSSR count). The second-order valence-corrected chi connectivity index (χ2v) is 4.17. The largest absolute Gasteiger partial charge is 0.480 e. The zero-order valence-electron chi connectivity index (χ0n) is 8.02. The Bertz CT molecular complexity index is 208. The molecule has 0 aliphatic heterocycles. The number of hydrogen-bond donors (Lipinski definition) is 2. The van der Waals surface area contributed by atoms with E-state index in [4.69, 9.17) is 17.3 Å². The van der Waals surface area contributed by atoms with Gasteiger partial charge in [0.05, 0.1) is 0 Å². The Hall–Kier alpha value is -0.290. The number of thiocarbonyl (C=S) groups is 1. The van der Waals surface area contributed by atoms with Gasteiger partial charge in [0, 0.05) is 7.05 Å². The molecule has 0 radical (unpaired) electrons. The van der Waals surface area contributed by atoms with Crippen LogP contribution in [0.1, 0.15) is 20.3 Å². The maximum atomic E-state index is 10.9. The van der Waals surface area contributed by atoms with Crippen LogP contribution in [-0.2, 0) is 4.79 Å². The van der Waals surface area contributed by atoms with Crippen LogP contribution < -0.4 is 0 Å². The fraction of sp³-hybridized carbons (Fsp3) is 0.750. The van der Waals surface area contributed by atoms with E-state index in [1.807, 2.05) is 13.8 Å². The van der Waals surface area contributed by atoms with E-state index in [0.717, 1.165) is 6.42 Å². The van der Waals surface area contributed by atoms with Crippen LogP contribution in [0.5, 0.6) is 0 Å². The Kier molecular flexibility index (Phi) is 5.32. The van der Waals surface area contributed by atoms with Crippen LogP contribution in [-0.4, -0.2) is 33.4 Å². The van der Waals surface area contributed by atoms with Crippen molar-refractivity contribution in [1.29, 1.82) is 0 Å². The highest BCUT2D eigenvalue weighted by molar-refractivity contribution is 8.10. The highest BCUT2D eigenvalue weighted by Gasteiger charge is 2.28. The van der Waals surface area contributed by atoms with Crippen LogP contribution in [0, 0.1) is 5.92 Å². The highest BCUT2D eigenvalue weighted by atomic mass is 32.1. The normalized spacial score (nSPS) is 14.8. The lowest BCUT2D eigenvalue weighted by Gasteiger charge is -2.29. The number of carboxylic acids is 1. The predicted octanol–water partition coefficient (Wildman–Crippen LogP) is 1.63. The molecule has 0 aliphatic carbocycles. The van der Waals surface area contributed by atoms with Crippen molar-refractivity contribution in [2.24, 2.45) is 5.92 Å². The zero-order valence-corrected chi connectivity index (χ0v) is 9.73. The summed E-state index contributed by atoms with van der Waals surface area (Å²) >= 11 is 8.76. The summed E-state index contributed by atoms with van der Waals surface area (Å²) in [6.07, 6.45) is 0.803. The van der Waals surface area contributed by atoms with Crippen LogP contribution in [0.25, 0.3) is 0 Å². The van der Waals surface area contributed by atoms with Crippen molar-refractivity contribution in [1.82, 2.24) is 4.90 Å². The molecular weight excluding hydrogens is 206 g/mol. The summed E-state index contributed by atoms with van der Waals surface area (Å²) in [5.41, 5.74) is 0. The summed E-state index contributed by atoms with van der Waals surface area (Å²) in [5.74, 6) is -0.791. The van der Waals surface area contributed by atoms with Gasteiger partial charge in [-0.05, 0) is 5.92 Å². The first-order valence-corrected chi connectivity index (χ1v) is 4.95. The molecule has 0 aromatic rings. The molecule has 76 valence electrons. The molecule has 0 aromatic carbocycles. The second kappa shape index (κ2) is 5.44. The van der Waals surface area contributed by atoms with Gasteiger partial charge in [-0.15, -0.1) is 12.6 Å². The lowest BCUT2D eigenvalue weighted by molar-refractivity contribution is -0.143. The molecule has 1 N–H and O–H groups in total. The standard InChI is InChI=1S/C8H15NO2S2/c1-4-5(2)6(7(10)11)9(3)8(12)13/h5-6H,4H2,1-3H3,(H,10,11)(H,12,13)/t5-,6-/m0/s1. The van der Waals surface area contributed by atoms with E-state index in [-0.39, 0.29) is 5.92 Å². The molecule has 3 nitrogen and oxygen atoms in total. The van der Waals surface area contributed by atoms with Crippen LogP contribution in [0.3, 0.4) is 0 Å². The third-order valence-corrected chi connectivity index (χ3v) is 2.76. The van der Waals surface area contributed by atoms with E-state index in [0.29, 0.717) is 4.32 Å². The molecule has 0 saturated heterocycles. The van der Waals surface area contributed by atoms with Gasteiger partial charge in [-0.25, -0.2) is 4.79 Å². The van der Waals surface area contributed by atoms with E-state index in [2.05, 4.69) is 12.6 Å². The van der Waals surface area contributed by atoms with Gasteiger partial charge in [-0.2, -0.15) is 0 Å². The first-order valence-electron chi connectivity index (χ1n) is 4.10. The van der Waals surface area contributed by atoms with Gasteiger partial charge in [0.2, 0.25) is 0 Å². The predicted molar refractivity (Wildman–Crippen MR) is 60.2 cm³/mol. The number of likely N-dealkylation sites (N-methyl/N-ethyl adjacent to an activating group) is 1. The molecule has 0 saturated carbocycles. The molecule has 2 atom stereocenters. The summed E-state index contributed by atoms with van der Waals surface area (Å²) in [7, 11) is 1.65. The second-order valence-electron chi connectivity index (χ2n) is 3.06. The number of rotatable bonds is 4. The van der Waals surface area contributed by atoms with E-state index < -0.39 is 12.0 Å². The average Bonchev–Trinajstić information content (AvgIpc) is 2.03. The van der Waals surface area contributed by atoms with Crippen molar-refractivity contribution in [3.8, 4) is 0 Å². The van der Waals surface area contributed by atoms with Crippen molar-refractivity contribution in [3.05, 3.63) is 0 Å². The Balaban J connectivity index is 4.60. The molecule has 0 unspecified atom stereocenters. The van der Waals surface area contributed by atoms with Crippen molar-refractivity contribution >= 4 is 35.1 Å². The number of nitrogens with zero attached hydrogens (tertiary/aromatic N) is 1. The van der Waals surface area contributed by atoms with Gasteiger partial charge >= 0.3 is 5.97 Å². The number of carbonyl (C=O) groups is 1. The molecule has 0 bridgehead atoms. The summed E-state index contributed by atoms with van der Waals surface area (Å²) in [4.78, 5) is 12.4. The fourth-order valence-electron chi connectivity index (χ4n) is 1.13. The average molecular weight is 221 g/mol. The van der Waals surface area contributed by atoms with E-state index in [1.54, 1.807) is 7.05 Å².